The SMILES string of the molecule is CCCC(C)C(C)CCNCC(C)CC. The fourth-order valence-corrected chi connectivity index (χ4v) is 1.85. The van der Waals surface area contributed by atoms with Crippen LogP contribution in [0.15, 0.2) is 0 Å². The molecule has 3 atom stereocenters. The van der Waals surface area contributed by atoms with E-state index in [0.717, 1.165) is 17.8 Å². The van der Waals surface area contributed by atoms with E-state index in [2.05, 4.69) is 39.9 Å². The highest BCUT2D eigenvalue weighted by Crippen LogP contribution is 2.19. The molecule has 0 rings (SSSR count). The van der Waals surface area contributed by atoms with Crippen LogP contribution in [0.5, 0.6) is 0 Å². The summed E-state index contributed by atoms with van der Waals surface area (Å²) in [5.41, 5.74) is 0. The lowest BCUT2D eigenvalue weighted by Gasteiger charge is -2.20. The number of nitrogens with one attached hydrogen (secondary N) is 1. The fourth-order valence-electron chi connectivity index (χ4n) is 1.85. The highest BCUT2D eigenvalue weighted by molar-refractivity contribution is 4.64. The van der Waals surface area contributed by atoms with Crippen LogP contribution in [-0.4, -0.2) is 13.1 Å². The molecule has 0 aliphatic carbocycles. The van der Waals surface area contributed by atoms with Gasteiger partial charge in [-0.05, 0) is 37.3 Å². The van der Waals surface area contributed by atoms with E-state index in [4.69, 9.17) is 0 Å². The van der Waals surface area contributed by atoms with Crippen LogP contribution in [0.3, 0.4) is 0 Å². The molecule has 0 heterocycles. The first kappa shape index (κ1) is 15.0. The summed E-state index contributed by atoms with van der Waals surface area (Å²) in [6.07, 6.45) is 5.32. The zero-order chi connectivity index (χ0) is 11.7. The highest BCUT2D eigenvalue weighted by atomic mass is 14.8. The monoisotopic (exact) mass is 213 g/mol. The van der Waals surface area contributed by atoms with Crippen LogP contribution in [0.4, 0.5) is 0 Å². The topological polar surface area (TPSA) is 12.0 Å². The van der Waals surface area contributed by atoms with E-state index >= 15 is 0 Å². The fraction of sp³-hybridized carbons (Fsp3) is 1.00. The van der Waals surface area contributed by atoms with Crippen molar-refractivity contribution >= 4 is 0 Å². The van der Waals surface area contributed by atoms with Gasteiger partial charge in [-0.1, -0.05) is 53.9 Å². The third-order valence-electron chi connectivity index (χ3n) is 3.68. The van der Waals surface area contributed by atoms with Crippen molar-refractivity contribution in [1.82, 2.24) is 5.32 Å². The molecule has 0 saturated heterocycles. The summed E-state index contributed by atoms with van der Waals surface area (Å²) in [4.78, 5) is 0. The van der Waals surface area contributed by atoms with Crippen LogP contribution < -0.4 is 5.32 Å². The van der Waals surface area contributed by atoms with Gasteiger partial charge in [-0.2, -0.15) is 0 Å². The molecule has 0 spiro atoms. The number of hydrogen-bond acceptors (Lipinski definition) is 1. The molecule has 1 nitrogen and oxygen atoms in total. The van der Waals surface area contributed by atoms with Gasteiger partial charge < -0.3 is 5.32 Å². The molecule has 0 bridgehead atoms. The minimum Gasteiger partial charge on any atom is -0.316 e. The maximum atomic E-state index is 3.56. The molecule has 0 saturated carbocycles. The van der Waals surface area contributed by atoms with E-state index in [-0.39, 0.29) is 0 Å². The van der Waals surface area contributed by atoms with Gasteiger partial charge in [-0.25, -0.2) is 0 Å². The number of rotatable bonds is 9. The van der Waals surface area contributed by atoms with Gasteiger partial charge in [0.2, 0.25) is 0 Å². The molecule has 1 heteroatoms. The Balaban J connectivity index is 3.41. The first-order valence-electron chi connectivity index (χ1n) is 6.82. The predicted octanol–water partition coefficient (Wildman–Crippen LogP) is 4.08. The van der Waals surface area contributed by atoms with E-state index < -0.39 is 0 Å². The normalized spacial score (nSPS) is 17.4. The lowest BCUT2D eigenvalue weighted by Crippen LogP contribution is -2.24. The van der Waals surface area contributed by atoms with Crippen molar-refractivity contribution in [2.45, 2.75) is 60.3 Å². The van der Waals surface area contributed by atoms with Gasteiger partial charge in [0.1, 0.15) is 0 Å². The molecule has 3 unspecified atom stereocenters. The van der Waals surface area contributed by atoms with Gasteiger partial charge >= 0.3 is 0 Å². The molecular formula is C14H31N. The van der Waals surface area contributed by atoms with Gasteiger partial charge in [0.25, 0.3) is 0 Å². The third-order valence-corrected chi connectivity index (χ3v) is 3.68. The Bertz CT molecular complexity index is 133. The second kappa shape index (κ2) is 9.21. The van der Waals surface area contributed by atoms with Crippen LogP contribution in [0.2, 0.25) is 0 Å². The highest BCUT2D eigenvalue weighted by Gasteiger charge is 2.10. The Kier molecular flexibility index (Phi) is 9.18. The first-order chi connectivity index (χ1) is 7.11. The van der Waals surface area contributed by atoms with E-state index in [1.165, 1.54) is 38.8 Å². The van der Waals surface area contributed by atoms with Gasteiger partial charge in [0.15, 0.2) is 0 Å². The number of hydrogen-bond donors (Lipinski definition) is 1. The average molecular weight is 213 g/mol. The van der Waals surface area contributed by atoms with Crippen molar-refractivity contribution in [2.24, 2.45) is 17.8 Å². The molecule has 0 fully saturated rings. The van der Waals surface area contributed by atoms with Gasteiger partial charge in [0, 0.05) is 0 Å². The summed E-state index contributed by atoms with van der Waals surface area (Å²) < 4.78 is 0. The summed E-state index contributed by atoms with van der Waals surface area (Å²) in [5, 5.41) is 3.56. The molecule has 0 aromatic rings. The summed E-state index contributed by atoms with van der Waals surface area (Å²) in [6, 6.07) is 0. The summed E-state index contributed by atoms with van der Waals surface area (Å²) in [5.74, 6) is 2.59. The van der Waals surface area contributed by atoms with Gasteiger partial charge in [-0.15, -0.1) is 0 Å². The molecular weight excluding hydrogens is 182 g/mol. The molecule has 0 aromatic carbocycles. The van der Waals surface area contributed by atoms with E-state index in [9.17, 15) is 0 Å². The summed E-state index contributed by atoms with van der Waals surface area (Å²) in [6.45, 7) is 14.0. The molecule has 1 N–H and O–H groups in total. The maximum absolute atomic E-state index is 3.56. The second-order valence-electron chi connectivity index (χ2n) is 5.25. The van der Waals surface area contributed by atoms with E-state index in [1.54, 1.807) is 0 Å². The van der Waals surface area contributed by atoms with Crippen LogP contribution in [0, 0.1) is 17.8 Å². The van der Waals surface area contributed by atoms with Crippen molar-refractivity contribution in [3.05, 3.63) is 0 Å². The lowest BCUT2D eigenvalue weighted by atomic mass is 9.89. The third kappa shape index (κ3) is 7.84. The van der Waals surface area contributed by atoms with Crippen LogP contribution in [0.1, 0.15) is 60.3 Å². The van der Waals surface area contributed by atoms with Crippen LogP contribution in [0.25, 0.3) is 0 Å². The molecule has 0 radical (unpaired) electrons. The summed E-state index contributed by atoms with van der Waals surface area (Å²) >= 11 is 0. The molecule has 0 aromatic heterocycles. The lowest BCUT2D eigenvalue weighted by molar-refractivity contribution is 0.332. The van der Waals surface area contributed by atoms with Crippen molar-refractivity contribution in [2.75, 3.05) is 13.1 Å². The largest absolute Gasteiger partial charge is 0.316 e. The van der Waals surface area contributed by atoms with Crippen molar-refractivity contribution in [3.63, 3.8) is 0 Å². The van der Waals surface area contributed by atoms with E-state index in [1.807, 2.05) is 0 Å². The Morgan fingerprint density at radius 3 is 2.07 bits per heavy atom. The standard InChI is InChI=1S/C14H31N/c1-6-8-13(4)14(5)9-10-15-11-12(3)7-2/h12-15H,6-11H2,1-5H3. The van der Waals surface area contributed by atoms with Crippen LogP contribution in [-0.2, 0) is 0 Å². The minimum atomic E-state index is 0.827. The average Bonchev–Trinajstić information content (AvgIpc) is 2.23. The second-order valence-corrected chi connectivity index (χ2v) is 5.25. The van der Waals surface area contributed by atoms with Crippen LogP contribution >= 0.6 is 0 Å². The van der Waals surface area contributed by atoms with Crippen molar-refractivity contribution in [1.29, 1.82) is 0 Å². The summed E-state index contributed by atoms with van der Waals surface area (Å²) in [7, 11) is 0. The predicted molar refractivity (Wildman–Crippen MR) is 70.2 cm³/mol. The Labute approximate surface area is 97.0 Å². The minimum absolute atomic E-state index is 0.827. The molecule has 15 heavy (non-hydrogen) atoms. The van der Waals surface area contributed by atoms with Gasteiger partial charge in [-0.3, -0.25) is 0 Å². The zero-order valence-electron chi connectivity index (χ0n) is 11.5. The first-order valence-corrected chi connectivity index (χ1v) is 6.82. The Morgan fingerprint density at radius 1 is 0.933 bits per heavy atom. The molecule has 0 amide bonds. The van der Waals surface area contributed by atoms with Crippen molar-refractivity contribution in [3.8, 4) is 0 Å². The maximum Gasteiger partial charge on any atom is -0.00233 e. The molecule has 92 valence electrons. The Hall–Kier alpha value is -0.0400. The zero-order valence-corrected chi connectivity index (χ0v) is 11.5. The van der Waals surface area contributed by atoms with Crippen molar-refractivity contribution < 1.29 is 0 Å². The Morgan fingerprint density at radius 2 is 1.53 bits per heavy atom. The van der Waals surface area contributed by atoms with E-state index in [0.29, 0.717) is 0 Å². The quantitative estimate of drug-likeness (QED) is 0.569. The van der Waals surface area contributed by atoms with Gasteiger partial charge in [0.05, 0.1) is 0 Å². The smallest absolute Gasteiger partial charge is 0.00233 e. The molecule has 0 aliphatic rings. The molecule has 0 aliphatic heterocycles.